The van der Waals surface area contributed by atoms with Crippen molar-refractivity contribution in [3.63, 3.8) is 0 Å². The van der Waals surface area contributed by atoms with Crippen molar-refractivity contribution in [1.82, 2.24) is 5.32 Å². The van der Waals surface area contributed by atoms with Gasteiger partial charge in [0.1, 0.15) is 6.17 Å². The zero-order valence-corrected chi connectivity index (χ0v) is 5.41. The molecule has 0 amide bonds. The molecule has 0 aromatic heterocycles. The molecule has 7 heavy (non-hydrogen) atoms. The second-order valence-electron chi connectivity index (χ2n) is 1.69. The van der Waals surface area contributed by atoms with Gasteiger partial charge in [0.2, 0.25) is 0 Å². The lowest BCUT2D eigenvalue weighted by atomic mass is 10.3. The van der Waals surface area contributed by atoms with Gasteiger partial charge < -0.3 is 5.32 Å². The van der Waals surface area contributed by atoms with E-state index in [4.69, 9.17) is 0 Å². The molecule has 0 bridgehead atoms. The Labute approximate surface area is 50.4 Å². The SMILES string of the molecule is FC1CNCC1Br. The molecule has 2 atom stereocenters. The van der Waals surface area contributed by atoms with Crippen LogP contribution in [-0.2, 0) is 0 Å². The summed E-state index contributed by atoms with van der Waals surface area (Å²) in [7, 11) is 0. The summed E-state index contributed by atoms with van der Waals surface area (Å²) >= 11 is 3.17. The number of rotatable bonds is 0. The van der Waals surface area contributed by atoms with Gasteiger partial charge in [-0.1, -0.05) is 15.9 Å². The van der Waals surface area contributed by atoms with Crippen LogP contribution < -0.4 is 5.32 Å². The fourth-order valence-corrected chi connectivity index (χ4v) is 1.03. The Morgan fingerprint density at radius 1 is 1.57 bits per heavy atom. The van der Waals surface area contributed by atoms with Crippen LogP contribution in [0.4, 0.5) is 4.39 Å². The van der Waals surface area contributed by atoms with Gasteiger partial charge in [0.25, 0.3) is 0 Å². The van der Waals surface area contributed by atoms with Gasteiger partial charge >= 0.3 is 0 Å². The van der Waals surface area contributed by atoms with Crippen LogP contribution in [0.25, 0.3) is 0 Å². The Hall–Kier alpha value is 0.370. The van der Waals surface area contributed by atoms with Gasteiger partial charge in [0, 0.05) is 13.1 Å². The number of halogens is 2. The minimum Gasteiger partial charge on any atom is -0.313 e. The standard InChI is InChI=1S/C4H7BrFN/c5-3-1-7-2-4(3)6/h3-4,7H,1-2H2. The maximum atomic E-state index is 12.2. The highest BCUT2D eigenvalue weighted by Crippen LogP contribution is 2.12. The van der Waals surface area contributed by atoms with Gasteiger partial charge in [-0.2, -0.15) is 0 Å². The molecule has 1 N–H and O–H groups in total. The van der Waals surface area contributed by atoms with Crippen molar-refractivity contribution in [2.24, 2.45) is 0 Å². The van der Waals surface area contributed by atoms with E-state index in [2.05, 4.69) is 21.2 Å². The summed E-state index contributed by atoms with van der Waals surface area (Å²) in [6, 6.07) is 0. The molecule has 1 fully saturated rings. The number of hydrogen-bond donors (Lipinski definition) is 1. The molecular weight excluding hydrogens is 161 g/mol. The van der Waals surface area contributed by atoms with E-state index in [-0.39, 0.29) is 4.83 Å². The van der Waals surface area contributed by atoms with Crippen LogP contribution in [0.2, 0.25) is 0 Å². The van der Waals surface area contributed by atoms with Crippen molar-refractivity contribution >= 4 is 15.9 Å². The predicted octanol–water partition coefficient (Wildman–Crippen LogP) is 0.691. The van der Waals surface area contributed by atoms with Crippen molar-refractivity contribution in [2.75, 3.05) is 13.1 Å². The molecule has 3 heteroatoms. The van der Waals surface area contributed by atoms with Crippen molar-refractivity contribution in [2.45, 2.75) is 11.0 Å². The molecule has 0 aromatic rings. The second-order valence-corrected chi connectivity index (χ2v) is 2.87. The average molecular weight is 168 g/mol. The molecule has 0 aliphatic carbocycles. The summed E-state index contributed by atoms with van der Waals surface area (Å²) in [5.74, 6) is 0. The number of nitrogens with one attached hydrogen (secondary N) is 1. The summed E-state index contributed by atoms with van der Waals surface area (Å²) < 4.78 is 12.2. The van der Waals surface area contributed by atoms with E-state index in [0.717, 1.165) is 6.54 Å². The van der Waals surface area contributed by atoms with Crippen LogP contribution in [0.1, 0.15) is 0 Å². The fraction of sp³-hybridized carbons (Fsp3) is 1.00. The van der Waals surface area contributed by atoms with E-state index in [0.29, 0.717) is 6.54 Å². The first kappa shape index (κ1) is 5.51. The van der Waals surface area contributed by atoms with Crippen LogP contribution >= 0.6 is 15.9 Å². The van der Waals surface area contributed by atoms with Gasteiger partial charge in [-0.3, -0.25) is 0 Å². The molecule has 2 unspecified atom stereocenters. The van der Waals surface area contributed by atoms with Crippen LogP contribution in [0, 0.1) is 0 Å². The summed E-state index contributed by atoms with van der Waals surface area (Å²) in [6.07, 6.45) is -0.681. The van der Waals surface area contributed by atoms with E-state index in [1.807, 2.05) is 0 Å². The quantitative estimate of drug-likeness (QED) is 0.524. The van der Waals surface area contributed by atoms with Gasteiger partial charge in [-0.15, -0.1) is 0 Å². The Bertz CT molecular complexity index is 60.7. The van der Waals surface area contributed by atoms with E-state index in [9.17, 15) is 4.39 Å². The normalized spacial score (nSPS) is 42.0. The molecule has 0 spiro atoms. The first-order valence-corrected chi connectivity index (χ1v) is 3.21. The number of alkyl halides is 2. The summed E-state index contributed by atoms with van der Waals surface area (Å²) in [5.41, 5.74) is 0. The van der Waals surface area contributed by atoms with Crippen LogP contribution in [0.5, 0.6) is 0 Å². The molecule has 1 heterocycles. The van der Waals surface area contributed by atoms with E-state index in [1.54, 1.807) is 0 Å². The van der Waals surface area contributed by atoms with Crippen molar-refractivity contribution in [3.8, 4) is 0 Å². The summed E-state index contributed by atoms with van der Waals surface area (Å²) in [5, 5.41) is 2.90. The van der Waals surface area contributed by atoms with Crippen molar-refractivity contribution < 1.29 is 4.39 Å². The minimum atomic E-state index is -0.681. The second kappa shape index (κ2) is 2.09. The Kier molecular flexibility index (Phi) is 1.65. The fourth-order valence-electron chi connectivity index (χ4n) is 0.615. The van der Waals surface area contributed by atoms with Gasteiger partial charge in [0.15, 0.2) is 0 Å². The van der Waals surface area contributed by atoms with E-state index >= 15 is 0 Å². The third kappa shape index (κ3) is 1.13. The third-order valence-electron chi connectivity index (χ3n) is 1.07. The van der Waals surface area contributed by atoms with Crippen LogP contribution in [0.15, 0.2) is 0 Å². The molecule has 1 saturated heterocycles. The highest BCUT2D eigenvalue weighted by molar-refractivity contribution is 9.09. The zero-order chi connectivity index (χ0) is 5.28. The topological polar surface area (TPSA) is 12.0 Å². The van der Waals surface area contributed by atoms with E-state index < -0.39 is 6.17 Å². The molecule has 0 radical (unpaired) electrons. The smallest absolute Gasteiger partial charge is 0.126 e. The van der Waals surface area contributed by atoms with Crippen molar-refractivity contribution in [3.05, 3.63) is 0 Å². The van der Waals surface area contributed by atoms with Gasteiger partial charge in [0.05, 0.1) is 4.83 Å². The average Bonchev–Trinajstić information content (AvgIpc) is 1.91. The third-order valence-corrected chi connectivity index (χ3v) is 1.97. The molecule has 1 nitrogen and oxygen atoms in total. The predicted molar refractivity (Wildman–Crippen MR) is 30.5 cm³/mol. The molecule has 1 aliphatic rings. The molecular formula is C4H7BrFN. The Morgan fingerprint density at radius 2 is 2.29 bits per heavy atom. The van der Waals surface area contributed by atoms with Crippen LogP contribution in [0.3, 0.4) is 0 Å². The maximum Gasteiger partial charge on any atom is 0.126 e. The lowest BCUT2D eigenvalue weighted by Crippen LogP contribution is -2.10. The van der Waals surface area contributed by atoms with Crippen molar-refractivity contribution in [1.29, 1.82) is 0 Å². The monoisotopic (exact) mass is 167 g/mol. The molecule has 42 valence electrons. The van der Waals surface area contributed by atoms with E-state index in [1.165, 1.54) is 0 Å². The largest absolute Gasteiger partial charge is 0.313 e. The maximum absolute atomic E-state index is 12.2. The molecule has 1 aliphatic heterocycles. The lowest BCUT2D eigenvalue weighted by molar-refractivity contribution is 0.370. The Balaban J connectivity index is 2.33. The summed E-state index contributed by atoms with van der Waals surface area (Å²) in [6.45, 7) is 1.27. The minimum absolute atomic E-state index is 0.0486. The molecule has 1 rings (SSSR count). The number of hydrogen-bond acceptors (Lipinski definition) is 1. The first-order chi connectivity index (χ1) is 3.30. The highest BCUT2D eigenvalue weighted by atomic mass is 79.9. The highest BCUT2D eigenvalue weighted by Gasteiger charge is 2.22. The van der Waals surface area contributed by atoms with Gasteiger partial charge in [-0.05, 0) is 0 Å². The zero-order valence-electron chi connectivity index (χ0n) is 3.82. The van der Waals surface area contributed by atoms with Gasteiger partial charge in [-0.25, -0.2) is 4.39 Å². The van der Waals surface area contributed by atoms with Crippen LogP contribution in [-0.4, -0.2) is 24.1 Å². The lowest BCUT2D eigenvalue weighted by Gasteiger charge is -1.97. The summed E-state index contributed by atoms with van der Waals surface area (Å²) in [4.78, 5) is 0.0486. The first-order valence-electron chi connectivity index (χ1n) is 2.29. The molecule has 0 aromatic carbocycles. The Morgan fingerprint density at radius 3 is 2.43 bits per heavy atom. The molecule has 0 saturated carbocycles.